The first-order valence-corrected chi connectivity index (χ1v) is 4.39. The molecule has 0 bridgehead atoms. The minimum absolute atomic E-state index is 0.220. The van der Waals surface area contributed by atoms with E-state index in [0.29, 0.717) is 12.8 Å². The number of amides is 3. The molecule has 0 aromatic heterocycles. The number of nitrogens with one attached hydrogen (secondary N) is 1. The molecule has 0 spiro atoms. The highest BCUT2D eigenvalue weighted by Crippen LogP contribution is 2.24. The molecule has 1 fully saturated rings. The molecule has 0 atom stereocenters. The van der Waals surface area contributed by atoms with Crippen LogP contribution in [0.4, 0.5) is 4.79 Å². The van der Waals surface area contributed by atoms with E-state index in [2.05, 4.69) is 18.5 Å². The monoisotopic (exact) mass is 194 g/mol. The highest BCUT2D eigenvalue weighted by molar-refractivity contribution is 6.06. The van der Waals surface area contributed by atoms with E-state index in [-0.39, 0.29) is 11.9 Å². The van der Waals surface area contributed by atoms with E-state index in [1.54, 1.807) is 12.2 Å². The van der Waals surface area contributed by atoms with Crippen LogP contribution in [0.25, 0.3) is 0 Å². The summed E-state index contributed by atoms with van der Waals surface area (Å²) in [4.78, 5) is 24.1. The predicted molar refractivity (Wildman–Crippen MR) is 53.7 cm³/mol. The Morgan fingerprint density at radius 1 is 1.36 bits per heavy atom. The number of nitrogens with zero attached hydrogens (tertiary/aromatic N) is 1. The Bertz CT molecular complexity index is 286. The number of likely N-dealkylation sites (N-methyl/N-ethyl adjacent to an activating group) is 1. The van der Waals surface area contributed by atoms with Crippen molar-refractivity contribution in [3.8, 4) is 0 Å². The molecule has 1 heterocycles. The summed E-state index contributed by atoms with van der Waals surface area (Å²) >= 11 is 0. The van der Waals surface area contributed by atoms with E-state index in [0.717, 1.165) is 4.90 Å². The van der Waals surface area contributed by atoms with E-state index < -0.39 is 5.54 Å². The van der Waals surface area contributed by atoms with E-state index in [1.807, 2.05) is 0 Å². The van der Waals surface area contributed by atoms with Gasteiger partial charge in [0.15, 0.2) is 0 Å². The molecule has 1 rings (SSSR count). The first kappa shape index (κ1) is 10.5. The molecule has 0 aromatic rings. The third-order valence-corrected chi connectivity index (χ3v) is 2.35. The van der Waals surface area contributed by atoms with Crippen molar-refractivity contribution in [2.24, 2.45) is 0 Å². The van der Waals surface area contributed by atoms with Crippen LogP contribution in [-0.2, 0) is 4.79 Å². The van der Waals surface area contributed by atoms with Crippen LogP contribution >= 0.6 is 0 Å². The fourth-order valence-electron chi connectivity index (χ4n) is 1.61. The molecule has 1 aliphatic rings. The second-order valence-corrected chi connectivity index (χ2v) is 3.36. The van der Waals surface area contributed by atoms with Crippen molar-refractivity contribution in [3.63, 3.8) is 0 Å². The normalized spacial score (nSPS) is 19.4. The van der Waals surface area contributed by atoms with Crippen LogP contribution in [0.2, 0.25) is 0 Å². The zero-order valence-corrected chi connectivity index (χ0v) is 8.25. The topological polar surface area (TPSA) is 49.4 Å². The fourth-order valence-corrected chi connectivity index (χ4v) is 1.61. The van der Waals surface area contributed by atoms with Crippen LogP contribution in [0.3, 0.4) is 0 Å². The Kier molecular flexibility index (Phi) is 2.74. The van der Waals surface area contributed by atoms with Crippen molar-refractivity contribution in [1.29, 1.82) is 0 Å². The van der Waals surface area contributed by atoms with Gasteiger partial charge < -0.3 is 5.32 Å². The Morgan fingerprint density at radius 3 is 2.14 bits per heavy atom. The van der Waals surface area contributed by atoms with Gasteiger partial charge in [-0.1, -0.05) is 12.2 Å². The van der Waals surface area contributed by atoms with E-state index in [4.69, 9.17) is 0 Å². The average molecular weight is 194 g/mol. The van der Waals surface area contributed by atoms with Crippen molar-refractivity contribution in [1.82, 2.24) is 10.2 Å². The van der Waals surface area contributed by atoms with Crippen LogP contribution in [-0.4, -0.2) is 29.4 Å². The molecule has 4 nitrogen and oxygen atoms in total. The van der Waals surface area contributed by atoms with Crippen LogP contribution in [0.1, 0.15) is 12.8 Å². The lowest BCUT2D eigenvalue weighted by molar-refractivity contribution is -0.130. The van der Waals surface area contributed by atoms with Gasteiger partial charge in [0.25, 0.3) is 5.91 Å². The molecule has 3 amide bonds. The number of carbonyl (C=O) groups excluding carboxylic acids is 2. The van der Waals surface area contributed by atoms with Crippen molar-refractivity contribution in [2.45, 2.75) is 18.4 Å². The van der Waals surface area contributed by atoms with Crippen LogP contribution in [0.15, 0.2) is 25.3 Å². The van der Waals surface area contributed by atoms with Crippen molar-refractivity contribution < 1.29 is 9.59 Å². The molecule has 14 heavy (non-hydrogen) atoms. The Hall–Kier alpha value is -1.58. The summed E-state index contributed by atoms with van der Waals surface area (Å²) in [6.07, 6.45) is 4.10. The van der Waals surface area contributed by atoms with Gasteiger partial charge in [-0.3, -0.25) is 9.69 Å². The Balaban J connectivity index is 2.99. The molecule has 0 saturated carbocycles. The summed E-state index contributed by atoms with van der Waals surface area (Å²) in [7, 11) is 1.46. The van der Waals surface area contributed by atoms with Gasteiger partial charge in [0.05, 0.1) is 0 Å². The molecule has 0 unspecified atom stereocenters. The second kappa shape index (κ2) is 3.65. The van der Waals surface area contributed by atoms with Gasteiger partial charge in [-0.15, -0.1) is 13.2 Å². The third kappa shape index (κ3) is 1.43. The smallest absolute Gasteiger partial charge is 0.322 e. The molecule has 1 N–H and O–H groups in total. The summed E-state index contributed by atoms with van der Waals surface area (Å²) in [6.45, 7) is 7.16. The second-order valence-electron chi connectivity index (χ2n) is 3.36. The van der Waals surface area contributed by atoms with Crippen molar-refractivity contribution in [3.05, 3.63) is 25.3 Å². The van der Waals surface area contributed by atoms with E-state index in [1.165, 1.54) is 7.05 Å². The Labute approximate surface area is 83.3 Å². The van der Waals surface area contributed by atoms with E-state index in [9.17, 15) is 9.59 Å². The van der Waals surface area contributed by atoms with Crippen LogP contribution in [0, 0.1) is 0 Å². The molecule has 0 aliphatic carbocycles. The number of rotatable bonds is 4. The minimum atomic E-state index is -0.852. The molecule has 1 aliphatic heterocycles. The first-order chi connectivity index (χ1) is 6.57. The van der Waals surface area contributed by atoms with Gasteiger partial charge in [0.1, 0.15) is 5.54 Å². The average Bonchev–Trinajstić information content (AvgIpc) is 2.33. The highest BCUT2D eigenvalue weighted by atomic mass is 16.2. The molecular formula is C10H14N2O2. The third-order valence-electron chi connectivity index (χ3n) is 2.35. The van der Waals surface area contributed by atoms with Crippen LogP contribution in [0.5, 0.6) is 0 Å². The van der Waals surface area contributed by atoms with Gasteiger partial charge in [-0.2, -0.15) is 0 Å². The fraction of sp³-hybridized carbons (Fsp3) is 0.400. The summed E-state index contributed by atoms with van der Waals surface area (Å²) in [5.74, 6) is -0.220. The van der Waals surface area contributed by atoms with Gasteiger partial charge >= 0.3 is 6.03 Å². The molecule has 76 valence electrons. The minimum Gasteiger partial charge on any atom is -0.322 e. The first-order valence-electron chi connectivity index (χ1n) is 4.39. The van der Waals surface area contributed by atoms with Crippen molar-refractivity contribution in [2.75, 3.05) is 7.05 Å². The van der Waals surface area contributed by atoms with Gasteiger partial charge in [-0.05, 0) is 12.8 Å². The summed E-state index contributed by atoms with van der Waals surface area (Å²) in [5.41, 5.74) is -0.852. The van der Waals surface area contributed by atoms with Gasteiger partial charge in [-0.25, -0.2) is 4.79 Å². The summed E-state index contributed by atoms with van der Waals surface area (Å²) < 4.78 is 0. The number of imide groups is 1. The molecule has 1 saturated heterocycles. The predicted octanol–water partition coefficient (Wildman–Crippen LogP) is 1.06. The standard InChI is InChI=1S/C10H14N2O2/c1-4-6-10(7-5-2)8(13)12(3)9(14)11-10/h4-5H,1-2,6-7H2,3H3,(H,11,14). The van der Waals surface area contributed by atoms with Crippen LogP contribution < -0.4 is 5.32 Å². The molecule has 0 aromatic carbocycles. The molecule has 0 radical (unpaired) electrons. The van der Waals surface area contributed by atoms with Crippen molar-refractivity contribution >= 4 is 11.9 Å². The SMILES string of the molecule is C=CCC1(CC=C)NC(=O)N(C)C1=O. The largest absolute Gasteiger partial charge is 0.324 e. The zero-order valence-electron chi connectivity index (χ0n) is 8.25. The maximum Gasteiger partial charge on any atom is 0.324 e. The summed E-state index contributed by atoms with van der Waals surface area (Å²) in [6, 6.07) is -0.362. The van der Waals surface area contributed by atoms with E-state index >= 15 is 0 Å². The maximum absolute atomic E-state index is 11.8. The lowest BCUT2D eigenvalue weighted by Crippen LogP contribution is -2.45. The lowest BCUT2D eigenvalue weighted by Gasteiger charge is -2.22. The zero-order chi connectivity index (χ0) is 10.8. The number of hydrogen-bond acceptors (Lipinski definition) is 2. The lowest BCUT2D eigenvalue weighted by atomic mass is 9.91. The highest BCUT2D eigenvalue weighted by Gasteiger charge is 2.47. The molecular weight excluding hydrogens is 180 g/mol. The Morgan fingerprint density at radius 2 is 1.86 bits per heavy atom. The van der Waals surface area contributed by atoms with Gasteiger partial charge in [0.2, 0.25) is 0 Å². The molecule has 4 heteroatoms. The van der Waals surface area contributed by atoms with Gasteiger partial charge in [0, 0.05) is 7.05 Å². The maximum atomic E-state index is 11.8. The quantitative estimate of drug-likeness (QED) is 0.537. The number of urea groups is 1. The number of hydrogen-bond donors (Lipinski definition) is 1. The summed E-state index contributed by atoms with van der Waals surface area (Å²) in [5, 5.41) is 2.66. The number of carbonyl (C=O) groups is 2.